The Kier molecular flexibility index (Phi) is 12.1. The maximum Gasteiger partial charge on any atom is 1.00 e. The van der Waals surface area contributed by atoms with Gasteiger partial charge in [0.15, 0.2) is 0 Å². The first-order valence-corrected chi connectivity index (χ1v) is 11.8. The van der Waals surface area contributed by atoms with Crippen molar-refractivity contribution in [3.8, 4) is 22.5 Å². The van der Waals surface area contributed by atoms with Gasteiger partial charge in [0.2, 0.25) is 5.91 Å². The molecule has 0 aliphatic carbocycles. The molecule has 3 heterocycles. The van der Waals surface area contributed by atoms with Crippen LogP contribution in [0.3, 0.4) is 0 Å². The molecule has 4 rings (SSSR count). The van der Waals surface area contributed by atoms with E-state index in [0.717, 1.165) is 28.2 Å². The van der Waals surface area contributed by atoms with Crippen LogP contribution in [0.2, 0.25) is 5.02 Å². The number of rotatable bonds is 6. The molecule has 2 aromatic heterocycles. The van der Waals surface area contributed by atoms with Crippen molar-refractivity contribution < 1.29 is 64.2 Å². The van der Waals surface area contributed by atoms with Crippen molar-refractivity contribution in [1.29, 1.82) is 0 Å². The van der Waals surface area contributed by atoms with Crippen molar-refractivity contribution in [3.05, 3.63) is 53.6 Å². The van der Waals surface area contributed by atoms with Crippen LogP contribution in [0.4, 0.5) is 0 Å². The van der Waals surface area contributed by atoms with Crippen LogP contribution in [-0.2, 0) is 13.9 Å². The van der Waals surface area contributed by atoms with E-state index < -0.39 is 20.3 Å². The molecular formula is C20H24ClN5NaO7P. The number of aromatic nitrogens is 4. The molecule has 1 aromatic carbocycles. The molecule has 1 fully saturated rings. The summed E-state index contributed by atoms with van der Waals surface area (Å²) in [6.45, 7) is 0.124. The fourth-order valence-corrected chi connectivity index (χ4v) is 4.21. The predicted molar refractivity (Wildman–Crippen MR) is 122 cm³/mol. The van der Waals surface area contributed by atoms with E-state index in [9.17, 15) is 14.3 Å². The molecular weight excluding hydrogens is 512 g/mol. The summed E-state index contributed by atoms with van der Waals surface area (Å²) in [5.41, 5.74) is 4.15. The minimum atomic E-state index is -4.93. The molecule has 1 amide bonds. The average molecular weight is 536 g/mol. The van der Waals surface area contributed by atoms with Gasteiger partial charge in [0, 0.05) is 47.0 Å². The van der Waals surface area contributed by atoms with Crippen LogP contribution in [0.1, 0.15) is 24.5 Å². The molecule has 1 atom stereocenters. The van der Waals surface area contributed by atoms with Gasteiger partial charge in [-0.05, 0) is 31.0 Å². The van der Waals surface area contributed by atoms with Crippen LogP contribution in [0.15, 0.2) is 42.9 Å². The number of nitrogens with one attached hydrogen (secondary N) is 1. The van der Waals surface area contributed by atoms with E-state index in [1.807, 2.05) is 18.2 Å². The molecule has 0 radical (unpaired) electrons. The third kappa shape index (κ3) is 7.89. The summed E-state index contributed by atoms with van der Waals surface area (Å²) in [5.74, 6) is -0.405. The fraction of sp³-hybridized carbons (Fsp3) is 0.300. The number of phosphoric acid groups is 1. The first-order chi connectivity index (χ1) is 15.3. The number of nitrogens with zero attached hydrogens (tertiary/aromatic N) is 4. The number of piperidine rings is 1. The molecule has 1 aliphatic rings. The summed E-state index contributed by atoms with van der Waals surface area (Å²) >= 11 is 6.03. The first-order valence-electron chi connectivity index (χ1n) is 9.88. The van der Waals surface area contributed by atoms with E-state index in [0.29, 0.717) is 31.0 Å². The SMILES string of the molecule is O.O.O=C(COP(=O)([O-])O)N1CCC(c2[nH]nc(-c3ccc(Cl)cc3)c2-c2ccncn2)CC1.[Na+]. The molecule has 1 saturated heterocycles. The maximum absolute atomic E-state index is 12.2. The number of amides is 1. The van der Waals surface area contributed by atoms with Gasteiger partial charge >= 0.3 is 29.6 Å². The zero-order valence-corrected chi connectivity index (χ0v) is 22.5. The number of hydrogen-bond donors (Lipinski definition) is 2. The van der Waals surface area contributed by atoms with E-state index in [1.165, 1.54) is 11.2 Å². The number of likely N-dealkylation sites (tertiary alicyclic amines) is 1. The van der Waals surface area contributed by atoms with Crippen molar-refractivity contribution in [2.45, 2.75) is 18.8 Å². The fourth-order valence-electron chi connectivity index (χ4n) is 3.81. The van der Waals surface area contributed by atoms with Crippen LogP contribution in [0.25, 0.3) is 22.5 Å². The second-order valence-corrected chi connectivity index (χ2v) is 8.99. The van der Waals surface area contributed by atoms with Gasteiger partial charge in [-0.15, -0.1) is 0 Å². The first kappa shape index (κ1) is 31.3. The van der Waals surface area contributed by atoms with Crippen molar-refractivity contribution in [1.82, 2.24) is 25.1 Å². The van der Waals surface area contributed by atoms with Crippen molar-refractivity contribution in [2.24, 2.45) is 0 Å². The Morgan fingerprint density at radius 1 is 1.23 bits per heavy atom. The van der Waals surface area contributed by atoms with Crippen LogP contribution < -0.4 is 34.5 Å². The molecule has 0 spiro atoms. The molecule has 1 aliphatic heterocycles. The third-order valence-corrected chi connectivity index (χ3v) is 6.06. The Bertz CT molecular complexity index is 1140. The van der Waals surface area contributed by atoms with E-state index in [4.69, 9.17) is 16.5 Å². The quantitative estimate of drug-likeness (QED) is 0.259. The van der Waals surface area contributed by atoms with Crippen LogP contribution in [-0.4, -0.2) is 66.5 Å². The van der Waals surface area contributed by atoms with Gasteiger partial charge in [-0.2, -0.15) is 5.10 Å². The number of hydrogen-bond acceptors (Lipinski definition) is 7. The number of aromatic amines is 1. The van der Waals surface area contributed by atoms with Crippen LogP contribution in [0.5, 0.6) is 0 Å². The van der Waals surface area contributed by atoms with Gasteiger partial charge < -0.3 is 30.2 Å². The number of benzene rings is 1. The number of halogens is 1. The predicted octanol–water partition coefficient (Wildman–Crippen LogP) is -2.27. The summed E-state index contributed by atoms with van der Waals surface area (Å²) in [7, 11) is -4.93. The zero-order chi connectivity index (χ0) is 22.7. The normalized spacial score (nSPS) is 15.2. The topological polar surface area (TPSA) is 207 Å². The minimum Gasteiger partial charge on any atom is -0.756 e. The summed E-state index contributed by atoms with van der Waals surface area (Å²) in [5, 5.41) is 8.35. The van der Waals surface area contributed by atoms with E-state index in [1.54, 1.807) is 18.3 Å². The molecule has 3 aromatic rings. The molecule has 6 N–H and O–H groups in total. The van der Waals surface area contributed by atoms with E-state index >= 15 is 0 Å². The minimum absolute atomic E-state index is 0. The molecule has 12 nitrogen and oxygen atoms in total. The van der Waals surface area contributed by atoms with Crippen molar-refractivity contribution in [3.63, 3.8) is 0 Å². The molecule has 35 heavy (non-hydrogen) atoms. The Hall–Kier alpha value is -1.70. The Morgan fingerprint density at radius 2 is 1.89 bits per heavy atom. The van der Waals surface area contributed by atoms with Gasteiger partial charge in [-0.25, -0.2) is 9.97 Å². The molecule has 0 saturated carbocycles. The smallest absolute Gasteiger partial charge is 0.756 e. The Morgan fingerprint density at radius 3 is 2.46 bits per heavy atom. The van der Waals surface area contributed by atoms with Crippen molar-refractivity contribution >= 4 is 25.3 Å². The van der Waals surface area contributed by atoms with Gasteiger partial charge in [0.25, 0.3) is 7.82 Å². The standard InChI is InChI=1S/C20H21ClN5O5P.Na.2H2O/c21-15-3-1-13(2-4-15)19-18(16-5-8-22-12-23-16)20(25-24-19)14-6-9-26(10-7-14)17(27)11-31-32(28,29)30;;;/h1-5,8,12,14H,6-7,9-11H2,(H,24,25)(H2,28,29,30);;2*1H2/q;+1;;/p-1. The van der Waals surface area contributed by atoms with Gasteiger partial charge in [-0.1, -0.05) is 23.7 Å². The van der Waals surface area contributed by atoms with E-state index in [-0.39, 0.29) is 46.4 Å². The molecule has 0 bridgehead atoms. The summed E-state index contributed by atoms with van der Waals surface area (Å²) in [4.78, 5) is 41.5. The van der Waals surface area contributed by atoms with Gasteiger partial charge in [0.05, 0.1) is 5.69 Å². The maximum atomic E-state index is 12.2. The monoisotopic (exact) mass is 535 g/mol. The number of H-pyrrole nitrogens is 1. The molecule has 15 heteroatoms. The largest absolute Gasteiger partial charge is 1.00 e. The third-order valence-electron chi connectivity index (χ3n) is 5.36. The second-order valence-electron chi connectivity index (χ2n) is 7.36. The van der Waals surface area contributed by atoms with E-state index in [2.05, 4.69) is 24.7 Å². The number of phosphoric ester groups is 1. The summed E-state index contributed by atoms with van der Waals surface area (Å²) < 4.78 is 14.9. The number of carbonyl (C=O) groups excluding carboxylic acids is 1. The second kappa shape index (κ2) is 13.6. The van der Waals surface area contributed by atoms with Crippen molar-refractivity contribution in [2.75, 3.05) is 19.7 Å². The Labute approximate surface area is 228 Å². The molecule has 184 valence electrons. The average Bonchev–Trinajstić information content (AvgIpc) is 3.23. The molecule has 1 unspecified atom stereocenters. The summed E-state index contributed by atoms with van der Waals surface area (Å²) in [6, 6.07) is 9.21. The van der Waals surface area contributed by atoms with Gasteiger partial charge in [-0.3, -0.25) is 14.5 Å². The number of carbonyl (C=O) groups is 1. The van der Waals surface area contributed by atoms with Gasteiger partial charge in [0.1, 0.15) is 18.6 Å². The Balaban J connectivity index is 0.00000204. The zero-order valence-electron chi connectivity index (χ0n) is 18.8. The van der Waals surface area contributed by atoms with Crippen LogP contribution >= 0.6 is 19.4 Å². The summed E-state index contributed by atoms with van der Waals surface area (Å²) in [6.07, 6.45) is 4.43. The van der Waals surface area contributed by atoms with Crippen LogP contribution in [0, 0.1) is 0 Å².